The molecule has 5 nitrogen and oxygen atoms in total. The van der Waals surface area contributed by atoms with Crippen LogP contribution in [0, 0.1) is 0 Å². The Morgan fingerprint density at radius 1 is 1.14 bits per heavy atom. The number of ether oxygens (including phenoxy) is 2. The van der Waals surface area contributed by atoms with Crippen molar-refractivity contribution in [1.29, 1.82) is 0 Å². The lowest BCUT2D eigenvalue weighted by Gasteiger charge is -2.26. The van der Waals surface area contributed by atoms with Crippen molar-refractivity contribution in [1.82, 2.24) is 4.90 Å². The normalized spacial score (nSPS) is 19.7. The minimum atomic E-state index is -0.477. The van der Waals surface area contributed by atoms with Gasteiger partial charge >= 0.3 is 11.9 Å². The summed E-state index contributed by atoms with van der Waals surface area (Å²) in [5.74, 6) is 0.685. The molecule has 0 aromatic carbocycles. The molecule has 2 aliphatic heterocycles. The molecule has 0 saturated carbocycles. The standard InChI is InChI=1S/C15H21NO4S/c1-19-14(17)11-5-9-21-10-6-12(13(11)15(18)20-2)16-7-3-4-8-16/h5H,3-4,6-10H2,1-2H3. The van der Waals surface area contributed by atoms with Gasteiger partial charge < -0.3 is 14.4 Å². The van der Waals surface area contributed by atoms with E-state index in [1.807, 2.05) is 0 Å². The summed E-state index contributed by atoms with van der Waals surface area (Å²) >= 11 is 1.75. The van der Waals surface area contributed by atoms with Crippen LogP contribution in [-0.2, 0) is 19.1 Å². The molecule has 0 aromatic rings. The van der Waals surface area contributed by atoms with Gasteiger partial charge in [-0.2, -0.15) is 11.8 Å². The lowest BCUT2D eigenvalue weighted by molar-refractivity contribution is -0.139. The number of hydrogen-bond acceptors (Lipinski definition) is 6. The molecule has 2 rings (SSSR count). The molecule has 1 saturated heterocycles. The summed E-state index contributed by atoms with van der Waals surface area (Å²) in [6.45, 7) is 1.85. The van der Waals surface area contributed by atoms with Gasteiger partial charge in [0.2, 0.25) is 0 Å². The van der Waals surface area contributed by atoms with Gasteiger partial charge in [-0.15, -0.1) is 0 Å². The van der Waals surface area contributed by atoms with Crippen LogP contribution in [0.2, 0.25) is 0 Å². The van der Waals surface area contributed by atoms with Gasteiger partial charge in [-0.1, -0.05) is 6.08 Å². The van der Waals surface area contributed by atoms with Crippen molar-refractivity contribution >= 4 is 23.7 Å². The number of methoxy groups -OCH3 is 2. The number of allylic oxidation sites excluding steroid dienone is 1. The first-order valence-electron chi connectivity index (χ1n) is 7.12. The Labute approximate surface area is 129 Å². The van der Waals surface area contributed by atoms with E-state index in [4.69, 9.17) is 9.47 Å². The molecule has 0 N–H and O–H groups in total. The zero-order valence-electron chi connectivity index (χ0n) is 12.5. The fourth-order valence-corrected chi connectivity index (χ4v) is 3.49. The Bertz CT molecular complexity index is 478. The molecule has 0 bridgehead atoms. The second kappa shape index (κ2) is 7.54. The highest BCUT2D eigenvalue weighted by Gasteiger charge is 2.30. The summed E-state index contributed by atoms with van der Waals surface area (Å²) in [7, 11) is 2.68. The Morgan fingerprint density at radius 3 is 2.43 bits per heavy atom. The van der Waals surface area contributed by atoms with Crippen molar-refractivity contribution in [2.45, 2.75) is 19.3 Å². The van der Waals surface area contributed by atoms with E-state index in [0.717, 1.165) is 43.8 Å². The largest absolute Gasteiger partial charge is 0.465 e. The molecule has 0 aromatic heterocycles. The van der Waals surface area contributed by atoms with Gasteiger partial charge in [0.15, 0.2) is 0 Å². The zero-order chi connectivity index (χ0) is 15.2. The quantitative estimate of drug-likeness (QED) is 0.740. The third-order valence-electron chi connectivity index (χ3n) is 3.73. The number of carbonyl (C=O) groups excluding carboxylic acids is 2. The van der Waals surface area contributed by atoms with Crippen molar-refractivity contribution in [3.05, 3.63) is 22.9 Å². The summed E-state index contributed by atoms with van der Waals surface area (Å²) in [5.41, 5.74) is 1.63. The third-order valence-corrected chi connectivity index (χ3v) is 4.62. The highest BCUT2D eigenvalue weighted by molar-refractivity contribution is 7.99. The Morgan fingerprint density at radius 2 is 1.81 bits per heavy atom. The monoisotopic (exact) mass is 311 g/mol. The maximum Gasteiger partial charge on any atom is 0.340 e. The van der Waals surface area contributed by atoms with Crippen LogP contribution in [0.5, 0.6) is 0 Å². The average Bonchev–Trinajstić information content (AvgIpc) is 3.00. The minimum absolute atomic E-state index is 0.332. The van der Waals surface area contributed by atoms with Crippen LogP contribution in [0.25, 0.3) is 0 Å². The summed E-state index contributed by atoms with van der Waals surface area (Å²) in [6.07, 6.45) is 4.77. The Kier molecular flexibility index (Phi) is 5.73. The van der Waals surface area contributed by atoms with Gasteiger partial charge in [0.05, 0.1) is 25.4 Å². The van der Waals surface area contributed by atoms with Crippen LogP contribution in [0.15, 0.2) is 22.9 Å². The number of esters is 2. The average molecular weight is 311 g/mol. The molecule has 1 fully saturated rings. The second-order valence-electron chi connectivity index (χ2n) is 4.94. The molecule has 0 spiro atoms. The fourth-order valence-electron chi connectivity index (χ4n) is 2.71. The van der Waals surface area contributed by atoms with Gasteiger partial charge in [-0.25, -0.2) is 9.59 Å². The highest BCUT2D eigenvalue weighted by atomic mass is 32.2. The molecule has 6 heteroatoms. The zero-order valence-corrected chi connectivity index (χ0v) is 13.3. The second-order valence-corrected chi connectivity index (χ2v) is 6.09. The molecule has 116 valence electrons. The van der Waals surface area contributed by atoms with Gasteiger partial charge in [-0.3, -0.25) is 0 Å². The maximum atomic E-state index is 12.3. The van der Waals surface area contributed by atoms with Crippen LogP contribution >= 0.6 is 11.8 Å². The van der Waals surface area contributed by atoms with E-state index in [-0.39, 0.29) is 0 Å². The fraction of sp³-hybridized carbons (Fsp3) is 0.600. The van der Waals surface area contributed by atoms with Crippen LogP contribution in [0.3, 0.4) is 0 Å². The molecular weight excluding hydrogens is 290 g/mol. The first-order chi connectivity index (χ1) is 10.2. The smallest absolute Gasteiger partial charge is 0.340 e. The van der Waals surface area contributed by atoms with E-state index in [0.29, 0.717) is 16.9 Å². The minimum Gasteiger partial charge on any atom is -0.465 e. The lowest BCUT2D eigenvalue weighted by Crippen LogP contribution is -2.27. The Balaban J connectivity index is 2.50. The number of hydrogen-bond donors (Lipinski definition) is 0. The number of rotatable bonds is 3. The maximum absolute atomic E-state index is 12.3. The molecule has 0 atom stereocenters. The van der Waals surface area contributed by atoms with Gasteiger partial charge in [0.1, 0.15) is 0 Å². The molecule has 0 amide bonds. The van der Waals surface area contributed by atoms with Crippen LogP contribution in [0.4, 0.5) is 0 Å². The van der Waals surface area contributed by atoms with E-state index in [1.54, 1.807) is 17.8 Å². The molecule has 21 heavy (non-hydrogen) atoms. The van der Waals surface area contributed by atoms with Crippen LogP contribution in [-0.4, -0.2) is 55.7 Å². The van der Waals surface area contributed by atoms with Gasteiger partial charge in [0.25, 0.3) is 0 Å². The summed E-state index contributed by atoms with van der Waals surface area (Å²) in [4.78, 5) is 26.5. The number of thioether (sulfide) groups is 1. The number of likely N-dealkylation sites (tertiary alicyclic amines) is 1. The van der Waals surface area contributed by atoms with Crippen molar-refractivity contribution in [2.75, 3.05) is 38.8 Å². The first kappa shape index (κ1) is 15.9. The predicted molar refractivity (Wildman–Crippen MR) is 81.9 cm³/mol. The lowest BCUT2D eigenvalue weighted by atomic mass is 10.0. The Hall–Kier alpha value is -1.43. The van der Waals surface area contributed by atoms with E-state index >= 15 is 0 Å². The van der Waals surface area contributed by atoms with E-state index in [9.17, 15) is 9.59 Å². The number of nitrogens with zero attached hydrogens (tertiary/aromatic N) is 1. The van der Waals surface area contributed by atoms with Crippen molar-refractivity contribution in [2.24, 2.45) is 0 Å². The van der Waals surface area contributed by atoms with Gasteiger partial charge in [-0.05, 0) is 25.0 Å². The topological polar surface area (TPSA) is 55.8 Å². The van der Waals surface area contributed by atoms with Crippen LogP contribution in [0.1, 0.15) is 19.3 Å². The van der Waals surface area contributed by atoms with E-state index < -0.39 is 11.9 Å². The molecule has 0 aliphatic carbocycles. The molecule has 0 unspecified atom stereocenters. The summed E-state index contributed by atoms with van der Waals surface area (Å²) < 4.78 is 9.77. The molecule has 2 aliphatic rings. The number of carbonyl (C=O) groups is 2. The first-order valence-corrected chi connectivity index (χ1v) is 8.27. The highest BCUT2D eigenvalue weighted by Crippen LogP contribution is 2.29. The van der Waals surface area contributed by atoms with E-state index in [2.05, 4.69) is 4.90 Å². The molecule has 2 heterocycles. The predicted octanol–water partition coefficient (Wildman–Crippen LogP) is 1.75. The van der Waals surface area contributed by atoms with Crippen molar-refractivity contribution in [3.8, 4) is 0 Å². The SMILES string of the molecule is COC(=O)C1=CCSCCC(N2CCCC2)=C1C(=O)OC. The third kappa shape index (κ3) is 3.61. The summed E-state index contributed by atoms with van der Waals surface area (Å²) in [6, 6.07) is 0. The van der Waals surface area contributed by atoms with E-state index in [1.165, 1.54) is 14.2 Å². The van der Waals surface area contributed by atoms with Crippen LogP contribution < -0.4 is 0 Å². The van der Waals surface area contributed by atoms with Crippen molar-refractivity contribution in [3.63, 3.8) is 0 Å². The van der Waals surface area contributed by atoms with Crippen molar-refractivity contribution < 1.29 is 19.1 Å². The summed E-state index contributed by atoms with van der Waals surface area (Å²) in [5, 5.41) is 0. The molecular formula is C15H21NO4S. The van der Waals surface area contributed by atoms with Gasteiger partial charge in [0, 0.05) is 24.5 Å². The molecule has 0 radical (unpaired) electrons.